The second-order valence-corrected chi connectivity index (χ2v) is 6.36. The molecule has 8 heteroatoms. The summed E-state index contributed by atoms with van der Waals surface area (Å²) in [6.07, 6.45) is -2.13. The van der Waals surface area contributed by atoms with Crippen molar-refractivity contribution in [3.05, 3.63) is 17.3 Å². The van der Waals surface area contributed by atoms with E-state index in [-0.39, 0.29) is 17.1 Å². The molecule has 0 bridgehead atoms. The second-order valence-electron chi connectivity index (χ2n) is 6.36. The highest BCUT2D eigenvalue weighted by molar-refractivity contribution is 5.84. The fourth-order valence-electron chi connectivity index (χ4n) is 3.21. The molecule has 3 heterocycles. The summed E-state index contributed by atoms with van der Waals surface area (Å²) >= 11 is 0. The smallest absolute Gasteiger partial charge is 0.356 e. The molecule has 1 fully saturated rings. The van der Waals surface area contributed by atoms with Gasteiger partial charge >= 0.3 is 6.18 Å². The highest BCUT2D eigenvalue weighted by Gasteiger charge is 2.36. The molecule has 2 aromatic heterocycles. The lowest BCUT2D eigenvalue weighted by molar-refractivity contribution is -0.136. The molecule has 2 N–H and O–H groups in total. The van der Waals surface area contributed by atoms with Crippen LogP contribution in [0, 0.1) is 6.92 Å². The van der Waals surface area contributed by atoms with E-state index in [0.29, 0.717) is 31.1 Å². The van der Waals surface area contributed by atoms with Crippen molar-refractivity contribution in [2.75, 3.05) is 18.0 Å². The summed E-state index contributed by atoms with van der Waals surface area (Å²) in [6.45, 7) is 5.44. The van der Waals surface area contributed by atoms with Gasteiger partial charge in [-0.3, -0.25) is 4.68 Å². The number of fused-ring (bicyclic) bond motifs is 1. The summed E-state index contributed by atoms with van der Waals surface area (Å²) in [5.41, 5.74) is 5.90. The number of pyridine rings is 1. The van der Waals surface area contributed by atoms with Gasteiger partial charge in [0.25, 0.3) is 0 Å². The Hall–Kier alpha value is -1.83. The Kier molecular flexibility index (Phi) is 4.42. The Labute approximate surface area is 138 Å². The standard InChI is InChI=1S/C16H22F3N5/c1-3-6-24-10(2)14-12(16(17,18)19)9-13(21-15(14)22-24)23-7-4-11(20)5-8-23/h9,11H,3-8,20H2,1-2H3. The maximum atomic E-state index is 13.6. The van der Waals surface area contributed by atoms with E-state index in [9.17, 15) is 13.2 Å². The van der Waals surface area contributed by atoms with Gasteiger partial charge in [-0.2, -0.15) is 18.3 Å². The number of alkyl halides is 3. The minimum Gasteiger partial charge on any atom is -0.356 e. The van der Waals surface area contributed by atoms with Gasteiger partial charge in [0.1, 0.15) is 5.82 Å². The zero-order chi connectivity index (χ0) is 17.5. The van der Waals surface area contributed by atoms with Gasteiger partial charge in [0.05, 0.1) is 10.9 Å². The van der Waals surface area contributed by atoms with Gasteiger partial charge in [-0.25, -0.2) is 4.98 Å². The van der Waals surface area contributed by atoms with Crippen LogP contribution in [-0.4, -0.2) is 33.9 Å². The molecule has 0 radical (unpaired) electrons. The van der Waals surface area contributed by atoms with Gasteiger partial charge in [0.15, 0.2) is 5.65 Å². The number of aromatic nitrogens is 3. The van der Waals surface area contributed by atoms with Crippen molar-refractivity contribution in [3.8, 4) is 0 Å². The normalized spacial score (nSPS) is 17.0. The maximum Gasteiger partial charge on any atom is 0.417 e. The first-order valence-electron chi connectivity index (χ1n) is 8.27. The molecule has 1 aliphatic heterocycles. The second kappa shape index (κ2) is 6.23. The van der Waals surface area contributed by atoms with Crippen LogP contribution in [0.5, 0.6) is 0 Å². The van der Waals surface area contributed by atoms with Crippen molar-refractivity contribution in [1.82, 2.24) is 14.8 Å². The van der Waals surface area contributed by atoms with Crippen molar-refractivity contribution in [3.63, 3.8) is 0 Å². The molecule has 0 aliphatic carbocycles. The highest BCUT2D eigenvalue weighted by atomic mass is 19.4. The third kappa shape index (κ3) is 3.07. The Morgan fingerprint density at radius 1 is 1.29 bits per heavy atom. The van der Waals surface area contributed by atoms with Crippen LogP contribution in [0.3, 0.4) is 0 Å². The number of halogens is 3. The van der Waals surface area contributed by atoms with Gasteiger partial charge in [0.2, 0.25) is 0 Å². The van der Waals surface area contributed by atoms with E-state index in [1.54, 1.807) is 11.6 Å². The highest BCUT2D eigenvalue weighted by Crippen LogP contribution is 2.38. The predicted molar refractivity (Wildman–Crippen MR) is 87.0 cm³/mol. The number of nitrogens with zero attached hydrogens (tertiary/aromatic N) is 4. The predicted octanol–water partition coefficient (Wildman–Crippen LogP) is 3.10. The summed E-state index contributed by atoms with van der Waals surface area (Å²) in [7, 11) is 0. The van der Waals surface area contributed by atoms with E-state index in [1.165, 1.54) is 0 Å². The molecule has 3 rings (SSSR count). The first-order chi connectivity index (χ1) is 11.3. The molecular weight excluding hydrogens is 319 g/mol. The van der Waals surface area contributed by atoms with Crippen molar-refractivity contribution >= 4 is 16.9 Å². The number of piperidine rings is 1. The van der Waals surface area contributed by atoms with Crippen molar-refractivity contribution in [2.45, 2.75) is 51.9 Å². The third-order valence-electron chi connectivity index (χ3n) is 4.56. The Bertz CT molecular complexity index is 729. The SMILES string of the molecule is CCCn1nc2nc(N3CCC(N)CC3)cc(C(F)(F)F)c2c1C. The first kappa shape index (κ1) is 17.0. The number of rotatable bonds is 3. The van der Waals surface area contributed by atoms with Gasteiger partial charge in [0, 0.05) is 31.4 Å². The zero-order valence-corrected chi connectivity index (χ0v) is 13.9. The average molecular weight is 341 g/mol. The number of hydrogen-bond donors (Lipinski definition) is 1. The van der Waals surface area contributed by atoms with Crippen molar-refractivity contribution in [2.24, 2.45) is 5.73 Å². The Morgan fingerprint density at radius 3 is 2.54 bits per heavy atom. The molecule has 0 amide bonds. The molecule has 1 saturated heterocycles. The van der Waals surface area contributed by atoms with E-state index in [2.05, 4.69) is 10.1 Å². The average Bonchev–Trinajstić information content (AvgIpc) is 2.83. The van der Waals surface area contributed by atoms with Crippen molar-refractivity contribution < 1.29 is 13.2 Å². The molecule has 0 atom stereocenters. The van der Waals surface area contributed by atoms with Gasteiger partial charge < -0.3 is 10.6 Å². The van der Waals surface area contributed by atoms with Crippen LogP contribution in [0.4, 0.5) is 19.0 Å². The lowest BCUT2D eigenvalue weighted by Crippen LogP contribution is -2.40. The molecule has 0 saturated carbocycles. The monoisotopic (exact) mass is 341 g/mol. The summed E-state index contributed by atoms with van der Waals surface area (Å²) in [5.74, 6) is 0.336. The molecule has 132 valence electrons. The van der Waals surface area contributed by atoms with Crippen LogP contribution in [0.1, 0.15) is 37.4 Å². The van der Waals surface area contributed by atoms with E-state index >= 15 is 0 Å². The minimum absolute atomic E-state index is 0.105. The van der Waals surface area contributed by atoms with Crippen LogP contribution < -0.4 is 10.6 Å². The fraction of sp³-hybridized carbons (Fsp3) is 0.625. The Morgan fingerprint density at radius 2 is 1.96 bits per heavy atom. The molecule has 0 spiro atoms. The van der Waals surface area contributed by atoms with Crippen LogP contribution >= 0.6 is 0 Å². The van der Waals surface area contributed by atoms with E-state index in [0.717, 1.165) is 25.3 Å². The largest absolute Gasteiger partial charge is 0.417 e. The number of nitrogens with two attached hydrogens (primary N) is 1. The lowest BCUT2D eigenvalue weighted by atomic mass is 10.1. The topological polar surface area (TPSA) is 60.0 Å². The van der Waals surface area contributed by atoms with Crippen LogP contribution in [-0.2, 0) is 12.7 Å². The molecule has 24 heavy (non-hydrogen) atoms. The zero-order valence-electron chi connectivity index (χ0n) is 13.9. The number of aryl methyl sites for hydroxylation is 2. The molecular formula is C16H22F3N5. The third-order valence-corrected chi connectivity index (χ3v) is 4.56. The van der Waals surface area contributed by atoms with Gasteiger partial charge in [-0.15, -0.1) is 0 Å². The molecule has 1 aliphatic rings. The minimum atomic E-state index is -4.44. The fourth-order valence-corrected chi connectivity index (χ4v) is 3.21. The van der Waals surface area contributed by atoms with Gasteiger partial charge in [-0.1, -0.05) is 6.92 Å². The van der Waals surface area contributed by atoms with Crippen LogP contribution in [0.2, 0.25) is 0 Å². The molecule has 0 aromatic carbocycles. The summed E-state index contributed by atoms with van der Waals surface area (Å²) in [5, 5.41) is 4.41. The summed E-state index contributed by atoms with van der Waals surface area (Å²) in [4.78, 5) is 6.28. The van der Waals surface area contributed by atoms with Crippen LogP contribution in [0.15, 0.2) is 6.07 Å². The molecule has 2 aromatic rings. The van der Waals surface area contributed by atoms with E-state index in [4.69, 9.17) is 5.73 Å². The van der Waals surface area contributed by atoms with Crippen LogP contribution in [0.25, 0.3) is 11.0 Å². The first-order valence-corrected chi connectivity index (χ1v) is 8.27. The summed E-state index contributed by atoms with van der Waals surface area (Å²) < 4.78 is 42.4. The maximum absolute atomic E-state index is 13.6. The quantitative estimate of drug-likeness (QED) is 0.932. The van der Waals surface area contributed by atoms with Gasteiger partial charge in [-0.05, 0) is 32.3 Å². The summed E-state index contributed by atoms with van der Waals surface area (Å²) in [6, 6.07) is 1.27. The van der Waals surface area contributed by atoms with Crippen molar-refractivity contribution in [1.29, 1.82) is 0 Å². The molecule has 0 unspecified atom stereocenters. The number of anilines is 1. The van der Waals surface area contributed by atoms with E-state index in [1.807, 2.05) is 11.8 Å². The van der Waals surface area contributed by atoms with E-state index < -0.39 is 11.7 Å². The molecule has 5 nitrogen and oxygen atoms in total. The Balaban J connectivity index is 2.12. The number of hydrogen-bond acceptors (Lipinski definition) is 4. The lowest BCUT2D eigenvalue weighted by Gasteiger charge is -2.31.